The second kappa shape index (κ2) is 6.68. The topological polar surface area (TPSA) is 83.4 Å². The first-order valence-electron chi connectivity index (χ1n) is 5.78. The summed E-state index contributed by atoms with van der Waals surface area (Å²) in [5.41, 5.74) is 5.29. The Balaban J connectivity index is 2.47. The van der Waals surface area contributed by atoms with E-state index in [-0.39, 0.29) is 0 Å². The van der Waals surface area contributed by atoms with Gasteiger partial charge in [0, 0.05) is 26.7 Å². The molecular formula is C11H21N3O3. The fourth-order valence-electron chi connectivity index (χ4n) is 1.42. The van der Waals surface area contributed by atoms with E-state index in [0.717, 1.165) is 13.0 Å². The molecule has 0 aliphatic rings. The third-order valence-electron chi connectivity index (χ3n) is 2.31. The highest BCUT2D eigenvalue weighted by Gasteiger charge is 2.27. The maximum absolute atomic E-state index is 6.00. The molecule has 0 aromatic carbocycles. The lowest BCUT2D eigenvalue weighted by Gasteiger charge is -2.18. The van der Waals surface area contributed by atoms with Crippen LogP contribution in [0.25, 0.3) is 0 Å². The lowest BCUT2D eigenvalue weighted by molar-refractivity contribution is 0.134. The number of rotatable bonds is 8. The second-order valence-electron chi connectivity index (χ2n) is 4.16. The zero-order chi connectivity index (χ0) is 12.7. The Kier molecular flexibility index (Phi) is 5.54. The van der Waals surface area contributed by atoms with Crippen molar-refractivity contribution in [2.75, 3.05) is 26.9 Å². The van der Waals surface area contributed by atoms with E-state index in [1.54, 1.807) is 7.11 Å². The van der Waals surface area contributed by atoms with Crippen molar-refractivity contribution in [2.24, 2.45) is 5.73 Å². The van der Waals surface area contributed by atoms with Gasteiger partial charge in [0.15, 0.2) is 5.82 Å². The summed E-state index contributed by atoms with van der Waals surface area (Å²) >= 11 is 0. The fraction of sp³-hybridized carbons (Fsp3) is 0.818. The molecule has 0 aliphatic carbocycles. The normalized spacial score (nSPS) is 14.8. The predicted octanol–water partition coefficient (Wildman–Crippen LogP) is 0.859. The quantitative estimate of drug-likeness (QED) is 0.682. The zero-order valence-corrected chi connectivity index (χ0v) is 10.7. The van der Waals surface area contributed by atoms with Gasteiger partial charge in [-0.25, -0.2) is 0 Å². The summed E-state index contributed by atoms with van der Waals surface area (Å²) < 4.78 is 15.4. The van der Waals surface area contributed by atoms with Crippen LogP contribution in [-0.4, -0.2) is 37.1 Å². The Morgan fingerprint density at radius 2 is 2.24 bits per heavy atom. The van der Waals surface area contributed by atoms with Crippen LogP contribution in [0.5, 0.6) is 0 Å². The third-order valence-corrected chi connectivity index (χ3v) is 2.31. The van der Waals surface area contributed by atoms with Crippen molar-refractivity contribution >= 4 is 0 Å². The average molecular weight is 243 g/mol. The molecule has 0 aliphatic heterocycles. The Labute approximate surface area is 101 Å². The largest absolute Gasteiger partial charge is 0.382 e. The first-order valence-corrected chi connectivity index (χ1v) is 5.78. The van der Waals surface area contributed by atoms with Gasteiger partial charge in [0.1, 0.15) is 5.54 Å². The van der Waals surface area contributed by atoms with Crippen molar-refractivity contribution in [1.82, 2.24) is 10.1 Å². The molecule has 0 fully saturated rings. The Morgan fingerprint density at radius 1 is 1.47 bits per heavy atom. The summed E-state index contributed by atoms with van der Waals surface area (Å²) in [6, 6.07) is 0. The van der Waals surface area contributed by atoms with Gasteiger partial charge in [-0.3, -0.25) is 0 Å². The molecule has 17 heavy (non-hydrogen) atoms. The highest BCUT2D eigenvalue weighted by molar-refractivity contribution is 5.01. The van der Waals surface area contributed by atoms with E-state index in [0.29, 0.717) is 31.3 Å². The van der Waals surface area contributed by atoms with Gasteiger partial charge in [-0.15, -0.1) is 0 Å². The number of methoxy groups -OCH3 is 1. The number of nitrogens with two attached hydrogens (primary N) is 1. The van der Waals surface area contributed by atoms with E-state index in [1.165, 1.54) is 0 Å². The van der Waals surface area contributed by atoms with Gasteiger partial charge >= 0.3 is 0 Å². The lowest BCUT2D eigenvalue weighted by Crippen LogP contribution is -2.39. The van der Waals surface area contributed by atoms with Crippen molar-refractivity contribution in [1.29, 1.82) is 0 Å². The van der Waals surface area contributed by atoms with Crippen molar-refractivity contribution in [3.8, 4) is 0 Å². The summed E-state index contributed by atoms with van der Waals surface area (Å²) in [5.74, 6) is 1.07. The Bertz CT molecular complexity index is 326. The smallest absolute Gasteiger partial charge is 0.226 e. The average Bonchev–Trinajstić information content (AvgIpc) is 2.74. The van der Waals surface area contributed by atoms with E-state index in [4.69, 9.17) is 19.7 Å². The molecule has 1 rings (SSSR count). The van der Waals surface area contributed by atoms with Crippen LogP contribution < -0.4 is 5.73 Å². The van der Waals surface area contributed by atoms with Gasteiger partial charge in [0.25, 0.3) is 0 Å². The van der Waals surface area contributed by atoms with Gasteiger partial charge in [0.05, 0.1) is 6.61 Å². The van der Waals surface area contributed by atoms with Crippen LogP contribution >= 0.6 is 0 Å². The molecule has 0 radical (unpaired) electrons. The predicted molar refractivity (Wildman–Crippen MR) is 62.5 cm³/mol. The zero-order valence-electron chi connectivity index (χ0n) is 10.7. The molecule has 2 N–H and O–H groups in total. The number of aryl methyl sites for hydroxylation is 1. The second-order valence-corrected chi connectivity index (χ2v) is 4.16. The number of aromatic nitrogens is 2. The molecule has 6 nitrogen and oxygen atoms in total. The fourth-order valence-corrected chi connectivity index (χ4v) is 1.42. The number of ether oxygens (including phenoxy) is 2. The Hall–Kier alpha value is -0.980. The van der Waals surface area contributed by atoms with Crippen LogP contribution in [0.3, 0.4) is 0 Å². The van der Waals surface area contributed by atoms with Crippen molar-refractivity contribution in [3.63, 3.8) is 0 Å². The number of hydrogen-bond donors (Lipinski definition) is 1. The first kappa shape index (κ1) is 14.1. The highest BCUT2D eigenvalue weighted by Crippen LogP contribution is 2.14. The van der Waals surface area contributed by atoms with Crippen molar-refractivity contribution in [2.45, 2.75) is 32.2 Å². The highest BCUT2D eigenvalue weighted by atomic mass is 16.5. The van der Waals surface area contributed by atoms with Gasteiger partial charge in [-0.05, 0) is 20.3 Å². The van der Waals surface area contributed by atoms with Crippen molar-refractivity contribution in [3.05, 3.63) is 11.7 Å². The summed E-state index contributed by atoms with van der Waals surface area (Å²) in [6.45, 7) is 5.56. The van der Waals surface area contributed by atoms with Crippen LogP contribution in [0.15, 0.2) is 4.52 Å². The lowest BCUT2D eigenvalue weighted by atomic mass is 10.1. The molecule has 0 saturated carbocycles. The minimum absolute atomic E-state index is 0.352. The van der Waals surface area contributed by atoms with E-state index >= 15 is 0 Å². The van der Waals surface area contributed by atoms with Crippen LogP contribution in [0, 0.1) is 0 Å². The summed E-state index contributed by atoms with van der Waals surface area (Å²) in [4.78, 5) is 4.26. The molecule has 1 aromatic heterocycles. The molecule has 0 spiro atoms. The van der Waals surface area contributed by atoms with E-state index in [2.05, 4.69) is 10.1 Å². The number of hydrogen-bond acceptors (Lipinski definition) is 6. The van der Waals surface area contributed by atoms with Gasteiger partial charge in [-0.2, -0.15) is 4.98 Å². The maximum Gasteiger partial charge on any atom is 0.226 e. The number of nitrogens with zero attached hydrogens (tertiary/aromatic N) is 2. The Morgan fingerprint density at radius 3 is 2.88 bits per heavy atom. The molecular weight excluding hydrogens is 222 g/mol. The van der Waals surface area contributed by atoms with Crippen LogP contribution in [0.1, 0.15) is 32.0 Å². The molecule has 0 amide bonds. The minimum atomic E-state index is -0.712. The first-order chi connectivity index (χ1) is 8.10. The van der Waals surface area contributed by atoms with E-state index in [9.17, 15) is 0 Å². The van der Waals surface area contributed by atoms with Gasteiger partial charge in [0.2, 0.25) is 5.89 Å². The molecule has 0 saturated heterocycles. The standard InChI is InChI=1S/C11H21N3O3/c1-4-16-7-5-6-9-13-10(14-17-9)11(2,12)8-15-3/h4-8,12H2,1-3H3. The SMILES string of the molecule is CCOCCCc1nc(C(C)(N)COC)no1. The monoisotopic (exact) mass is 243 g/mol. The molecule has 1 aromatic rings. The third kappa shape index (κ3) is 4.41. The maximum atomic E-state index is 6.00. The summed E-state index contributed by atoms with van der Waals surface area (Å²) in [7, 11) is 1.59. The minimum Gasteiger partial charge on any atom is -0.382 e. The summed E-state index contributed by atoms with van der Waals surface area (Å²) in [6.07, 6.45) is 1.57. The molecule has 1 atom stereocenters. The van der Waals surface area contributed by atoms with E-state index < -0.39 is 5.54 Å². The van der Waals surface area contributed by atoms with Crippen LogP contribution in [-0.2, 0) is 21.4 Å². The van der Waals surface area contributed by atoms with Gasteiger partial charge in [-0.1, -0.05) is 5.16 Å². The molecule has 6 heteroatoms. The van der Waals surface area contributed by atoms with E-state index in [1.807, 2.05) is 13.8 Å². The molecule has 98 valence electrons. The summed E-state index contributed by atoms with van der Waals surface area (Å²) in [5, 5.41) is 3.87. The molecule has 0 bridgehead atoms. The van der Waals surface area contributed by atoms with Crippen LogP contribution in [0.4, 0.5) is 0 Å². The van der Waals surface area contributed by atoms with Gasteiger partial charge < -0.3 is 19.7 Å². The van der Waals surface area contributed by atoms with Crippen molar-refractivity contribution < 1.29 is 14.0 Å². The molecule has 1 unspecified atom stereocenters. The van der Waals surface area contributed by atoms with Crippen LogP contribution in [0.2, 0.25) is 0 Å². The molecule has 1 heterocycles.